The van der Waals surface area contributed by atoms with Crippen LogP contribution in [0.5, 0.6) is 5.75 Å². The number of rotatable bonds is 4. The lowest BCUT2D eigenvalue weighted by Crippen LogP contribution is -2.26. The van der Waals surface area contributed by atoms with E-state index in [0.717, 1.165) is 23.4 Å². The first-order valence-corrected chi connectivity index (χ1v) is 9.14. The van der Waals surface area contributed by atoms with Gasteiger partial charge in [-0.05, 0) is 56.1 Å². The summed E-state index contributed by atoms with van der Waals surface area (Å²) in [6.07, 6.45) is 0. The van der Waals surface area contributed by atoms with Gasteiger partial charge in [0.1, 0.15) is 5.75 Å². The summed E-state index contributed by atoms with van der Waals surface area (Å²) in [6.45, 7) is 0.474. The molecule has 1 amide bonds. The molecule has 0 saturated heterocycles. The standard InChI is InChI=1S/C14H12Br3NO2S/c1-18(14(19)10-6-12(16)21-13(10)17)7-8-5-9(15)3-4-11(8)20-2/h3-6H,7H2,1-2H3. The molecule has 0 saturated carbocycles. The Balaban J connectivity index is 2.21. The average molecular weight is 498 g/mol. The molecule has 21 heavy (non-hydrogen) atoms. The van der Waals surface area contributed by atoms with Gasteiger partial charge in [0.15, 0.2) is 0 Å². The number of carbonyl (C=O) groups is 1. The molecule has 0 fully saturated rings. The summed E-state index contributed by atoms with van der Waals surface area (Å²) in [5.74, 6) is 0.731. The Hall–Kier alpha value is -0.370. The molecular formula is C14H12Br3NO2S. The molecule has 1 aromatic heterocycles. The van der Waals surface area contributed by atoms with Crippen molar-refractivity contribution in [2.45, 2.75) is 6.54 Å². The molecule has 3 nitrogen and oxygen atoms in total. The minimum Gasteiger partial charge on any atom is -0.496 e. The zero-order valence-corrected chi connectivity index (χ0v) is 16.9. The highest BCUT2D eigenvalue weighted by atomic mass is 79.9. The van der Waals surface area contributed by atoms with Gasteiger partial charge in [-0.25, -0.2) is 0 Å². The number of methoxy groups -OCH3 is 1. The molecule has 0 unspecified atom stereocenters. The van der Waals surface area contributed by atoms with Gasteiger partial charge in [0.25, 0.3) is 5.91 Å². The number of hydrogen-bond acceptors (Lipinski definition) is 3. The molecule has 7 heteroatoms. The van der Waals surface area contributed by atoms with E-state index in [9.17, 15) is 4.79 Å². The van der Waals surface area contributed by atoms with Crippen LogP contribution in [-0.4, -0.2) is 25.0 Å². The second kappa shape index (κ2) is 7.26. The molecule has 0 aliphatic carbocycles. The van der Waals surface area contributed by atoms with Crippen LogP contribution in [0.1, 0.15) is 15.9 Å². The number of benzene rings is 1. The molecule has 0 aliphatic heterocycles. The number of ether oxygens (including phenoxy) is 1. The van der Waals surface area contributed by atoms with Crippen LogP contribution < -0.4 is 4.74 Å². The highest BCUT2D eigenvalue weighted by Gasteiger charge is 2.19. The SMILES string of the molecule is COc1ccc(Br)cc1CN(C)C(=O)c1cc(Br)sc1Br. The second-order valence-corrected chi connectivity index (χ2v) is 9.02. The molecule has 1 aromatic carbocycles. The Kier molecular flexibility index (Phi) is 5.88. The van der Waals surface area contributed by atoms with Crippen LogP contribution >= 0.6 is 59.1 Å². The zero-order valence-electron chi connectivity index (χ0n) is 11.3. The first-order valence-electron chi connectivity index (χ1n) is 5.95. The van der Waals surface area contributed by atoms with Crippen molar-refractivity contribution < 1.29 is 9.53 Å². The van der Waals surface area contributed by atoms with Gasteiger partial charge in [0.05, 0.1) is 20.2 Å². The van der Waals surface area contributed by atoms with Crippen LogP contribution in [0.4, 0.5) is 0 Å². The predicted molar refractivity (Wildman–Crippen MR) is 96.2 cm³/mol. The highest BCUT2D eigenvalue weighted by molar-refractivity contribution is 9.12. The van der Waals surface area contributed by atoms with Crippen LogP contribution in [0.15, 0.2) is 36.3 Å². The second-order valence-electron chi connectivity index (χ2n) is 4.36. The van der Waals surface area contributed by atoms with Crippen molar-refractivity contribution in [2.75, 3.05) is 14.2 Å². The van der Waals surface area contributed by atoms with E-state index in [-0.39, 0.29) is 5.91 Å². The third kappa shape index (κ3) is 4.09. The minimum atomic E-state index is -0.0362. The predicted octanol–water partition coefficient (Wildman–Crippen LogP) is 5.32. The van der Waals surface area contributed by atoms with Gasteiger partial charge in [-0.15, -0.1) is 11.3 Å². The molecule has 2 aromatic rings. The molecule has 0 aliphatic rings. The van der Waals surface area contributed by atoms with Crippen molar-refractivity contribution >= 4 is 65.0 Å². The third-order valence-corrected chi connectivity index (χ3v) is 5.72. The Labute approximate surface area is 152 Å². The molecule has 0 N–H and O–H groups in total. The van der Waals surface area contributed by atoms with E-state index in [4.69, 9.17) is 4.74 Å². The number of halogens is 3. The molecule has 112 valence electrons. The zero-order chi connectivity index (χ0) is 15.6. The monoisotopic (exact) mass is 495 g/mol. The molecule has 0 atom stereocenters. The van der Waals surface area contributed by atoms with Crippen LogP contribution in [0.25, 0.3) is 0 Å². The summed E-state index contributed by atoms with van der Waals surface area (Å²) < 4.78 is 8.05. The fourth-order valence-corrected chi connectivity index (χ4v) is 5.08. The van der Waals surface area contributed by atoms with Crippen LogP contribution in [0, 0.1) is 0 Å². The van der Waals surface area contributed by atoms with Crippen molar-refractivity contribution in [2.24, 2.45) is 0 Å². The summed E-state index contributed by atoms with van der Waals surface area (Å²) in [5, 5.41) is 0. The van der Waals surface area contributed by atoms with E-state index >= 15 is 0 Å². The van der Waals surface area contributed by atoms with Gasteiger partial charge in [-0.3, -0.25) is 4.79 Å². The van der Waals surface area contributed by atoms with E-state index in [2.05, 4.69) is 47.8 Å². The fourth-order valence-electron chi connectivity index (χ4n) is 1.89. The summed E-state index contributed by atoms with van der Waals surface area (Å²) in [4.78, 5) is 14.2. The third-order valence-electron chi connectivity index (χ3n) is 2.88. The Bertz CT molecular complexity index is 672. The largest absolute Gasteiger partial charge is 0.496 e. The van der Waals surface area contributed by atoms with Gasteiger partial charge < -0.3 is 9.64 Å². The molecule has 0 radical (unpaired) electrons. The smallest absolute Gasteiger partial charge is 0.255 e. The Morgan fingerprint density at radius 3 is 2.57 bits per heavy atom. The van der Waals surface area contributed by atoms with Gasteiger partial charge in [-0.1, -0.05) is 15.9 Å². The van der Waals surface area contributed by atoms with Crippen molar-refractivity contribution in [3.63, 3.8) is 0 Å². The summed E-state index contributed by atoms with van der Waals surface area (Å²) in [7, 11) is 3.40. The number of nitrogens with zero attached hydrogens (tertiary/aromatic N) is 1. The number of thiophene rings is 1. The lowest BCUT2D eigenvalue weighted by molar-refractivity contribution is 0.0784. The van der Waals surface area contributed by atoms with Crippen LogP contribution in [-0.2, 0) is 6.54 Å². The van der Waals surface area contributed by atoms with Crippen molar-refractivity contribution in [3.05, 3.63) is 47.4 Å². The van der Waals surface area contributed by atoms with E-state index in [0.29, 0.717) is 12.1 Å². The fraction of sp³-hybridized carbons (Fsp3) is 0.214. The van der Waals surface area contributed by atoms with E-state index in [1.165, 1.54) is 11.3 Å². The van der Waals surface area contributed by atoms with Crippen molar-refractivity contribution in [3.8, 4) is 5.75 Å². The summed E-state index contributed by atoms with van der Waals surface area (Å²) in [5.41, 5.74) is 1.61. The van der Waals surface area contributed by atoms with Gasteiger partial charge >= 0.3 is 0 Å². The maximum atomic E-state index is 12.5. The summed E-state index contributed by atoms with van der Waals surface area (Å²) in [6, 6.07) is 7.58. The van der Waals surface area contributed by atoms with Gasteiger partial charge in [0, 0.05) is 23.6 Å². The highest BCUT2D eigenvalue weighted by Crippen LogP contribution is 2.33. The topological polar surface area (TPSA) is 29.5 Å². The normalized spacial score (nSPS) is 10.5. The average Bonchev–Trinajstić information content (AvgIpc) is 2.77. The molecular weight excluding hydrogens is 486 g/mol. The van der Waals surface area contributed by atoms with Gasteiger partial charge in [0.2, 0.25) is 0 Å². The molecule has 0 spiro atoms. The van der Waals surface area contributed by atoms with Crippen molar-refractivity contribution in [1.29, 1.82) is 0 Å². The molecule has 2 rings (SSSR count). The first-order chi connectivity index (χ1) is 9.92. The Morgan fingerprint density at radius 1 is 1.29 bits per heavy atom. The summed E-state index contributed by atoms with van der Waals surface area (Å²) >= 11 is 11.7. The van der Waals surface area contributed by atoms with Crippen molar-refractivity contribution in [1.82, 2.24) is 4.90 Å². The van der Waals surface area contributed by atoms with E-state index in [1.807, 2.05) is 24.3 Å². The number of hydrogen-bond donors (Lipinski definition) is 0. The van der Waals surface area contributed by atoms with Crippen LogP contribution in [0.2, 0.25) is 0 Å². The first kappa shape index (κ1) is 17.0. The van der Waals surface area contributed by atoms with E-state index in [1.54, 1.807) is 19.1 Å². The minimum absolute atomic E-state index is 0.0362. The number of amides is 1. The maximum Gasteiger partial charge on any atom is 0.255 e. The van der Waals surface area contributed by atoms with Gasteiger partial charge in [-0.2, -0.15) is 0 Å². The Morgan fingerprint density at radius 2 is 2.00 bits per heavy atom. The lowest BCUT2D eigenvalue weighted by Gasteiger charge is -2.19. The molecule has 0 bridgehead atoms. The molecule has 1 heterocycles. The van der Waals surface area contributed by atoms with E-state index < -0.39 is 0 Å². The maximum absolute atomic E-state index is 12.5. The quantitative estimate of drug-likeness (QED) is 0.572. The number of carbonyl (C=O) groups excluding carboxylic acids is 1. The van der Waals surface area contributed by atoms with Crippen LogP contribution in [0.3, 0.4) is 0 Å². The lowest BCUT2D eigenvalue weighted by atomic mass is 10.2.